The molecule has 0 radical (unpaired) electrons. The maximum absolute atomic E-state index is 5.10. The fourth-order valence-corrected chi connectivity index (χ4v) is 1.52. The van der Waals surface area contributed by atoms with E-state index in [0.717, 1.165) is 23.9 Å². The highest BCUT2D eigenvalue weighted by atomic mass is 16.5. The Morgan fingerprint density at radius 1 is 1.41 bits per heavy atom. The number of allylic oxidation sites excluding steroid dienone is 1. The van der Waals surface area contributed by atoms with Crippen LogP contribution in [0.15, 0.2) is 49.3 Å². The number of hydrogen-bond donors (Lipinski definition) is 1. The molecular weight excluding hydrogens is 214 g/mol. The van der Waals surface area contributed by atoms with Gasteiger partial charge in [0, 0.05) is 24.6 Å². The van der Waals surface area contributed by atoms with Gasteiger partial charge < -0.3 is 14.6 Å². The Kier molecular flexibility index (Phi) is 3.45. The summed E-state index contributed by atoms with van der Waals surface area (Å²) in [7, 11) is 1.65. The largest absolute Gasteiger partial charge is 0.497 e. The van der Waals surface area contributed by atoms with Crippen molar-refractivity contribution < 1.29 is 4.74 Å². The summed E-state index contributed by atoms with van der Waals surface area (Å²) in [6, 6.07) is 7.71. The molecule has 0 aliphatic heterocycles. The van der Waals surface area contributed by atoms with Crippen molar-refractivity contribution in [1.29, 1.82) is 0 Å². The SMILES string of the molecule is C=CCn1ccnc1Nc1ccc(OC)cc1. The van der Waals surface area contributed by atoms with E-state index in [9.17, 15) is 0 Å². The molecule has 2 aromatic rings. The number of anilines is 2. The summed E-state index contributed by atoms with van der Waals surface area (Å²) in [6.45, 7) is 4.45. The van der Waals surface area contributed by atoms with Gasteiger partial charge in [0.25, 0.3) is 0 Å². The summed E-state index contributed by atoms with van der Waals surface area (Å²) in [5.41, 5.74) is 0.974. The topological polar surface area (TPSA) is 39.1 Å². The van der Waals surface area contributed by atoms with E-state index in [1.807, 2.05) is 41.1 Å². The predicted octanol–water partition coefficient (Wildman–Crippen LogP) is 2.82. The van der Waals surface area contributed by atoms with Crippen LogP contribution in [0.1, 0.15) is 0 Å². The van der Waals surface area contributed by atoms with Gasteiger partial charge in [0.05, 0.1) is 7.11 Å². The number of imidazole rings is 1. The molecule has 1 heterocycles. The molecule has 0 spiro atoms. The minimum atomic E-state index is 0.735. The number of nitrogens with zero attached hydrogens (tertiary/aromatic N) is 2. The van der Waals surface area contributed by atoms with E-state index in [2.05, 4.69) is 16.9 Å². The van der Waals surface area contributed by atoms with Crippen molar-refractivity contribution in [3.63, 3.8) is 0 Å². The Balaban J connectivity index is 2.13. The van der Waals surface area contributed by atoms with Crippen LogP contribution in [0.4, 0.5) is 11.6 Å². The maximum Gasteiger partial charge on any atom is 0.207 e. The molecule has 4 nitrogen and oxygen atoms in total. The predicted molar refractivity (Wildman–Crippen MR) is 68.7 cm³/mol. The Morgan fingerprint density at radius 3 is 2.82 bits per heavy atom. The van der Waals surface area contributed by atoms with Crippen molar-refractivity contribution in [2.75, 3.05) is 12.4 Å². The first-order valence-corrected chi connectivity index (χ1v) is 5.36. The summed E-state index contributed by atoms with van der Waals surface area (Å²) in [5.74, 6) is 1.64. The van der Waals surface area contributed by atoms with Gasteiger partial charge in [-0.15, -0.1) is 6.58 Å². The van der Waals surface area contributed by atoms with Gasteiger partial charge in [-0.05, 0) is 24.3 Å². The third-order valence-corrected chi connectivity index (χ3v) is 2.39. The molecule has 0 fully saturated rings. The Morgan fingerprint density at radius 2 is 2.18 bits per heavy atom. The smallest absolute Gasteiger partial charge is 0.207 e. The zero-order valence-corrected chi connectivity index (χ0v) is 9.76. The quantitative estimate of drug-likeness (QED) is 0.801. The van der Waals surface area contributed by atoms with E-state index >= 15 is 0 Å². The molecule has 1 aromatic carbocycles. The van der Waals surface area contributed by atoms with E-state index in [1.165, 1.54) is 0 Å². The van der Waals surface area contributed by atoms with Gasteiger partial charge in [0.2, 0.25) is 5.95 Å². The van der Waals surface area contributed by atoms with Crippen molar-refractivity contribution in [1.82, 2.24) is 9.55 Å². The van der Waals surface area contributed by atoms with Crippen LogP contribution in [-0.4, -0.2) is 16.7 Å². The summed E-state index contributed by atoms with van der Waals surface area (Å²) >= 11 is 0. The van der Waals surface area contributed by atoms with Gasteiger partial charge in [-0.25, -0.2) is 4.98 Å². The van der Waals surface area contributed by atoms with Crippen LogP contribution in [0.25, 0.3) is 0 Å². The molecule has 0 aliphatic rings. The molecule has 0 bridgehead atoms. The second kappa shape index (κ2) is 5.21. The van der Waals surface area contributed by atoms with Crippen LogP contribution in [0.5, 0.6) is 5.75 Å². The van der Waals surface area contributed by atoms with Crippen LogP contribution in [0.3, 0.4) is 0 Å². The van der Waals surface area contributed by atoms with E-state index in [1.54, 1.807) is 13.3 Å². The van der Waals surface area contributed by atoms with E-state index in [4.69, 9.17) is 4.74 Å². The van der Waals surface area contributed by atoms with Gasteiger partial charge >= 0.3 is 0 Å². The molecule has 88 valence electrons. The fourth-order valence-electron chi connectivity index (χ4n) is 1.52. The Labute approximate surface area is 101 Å². The minimum absolute atomic E-state index is 0.735. The van der Waals surface area contributed by atoms with E-state index in [-0.39, 0.29) is 0 Å². The third-order valence-electron chi connectivity index (χ3n) is 2.39. The van der Waals surface area contributed by atoms with Crippen molar-refractivity contribution in [3.05, 3.63) is 49.3 Å². The van der Waals surface area contributed by atoms with Gasteiger partial charge in [-0.1, -0.05) is 6.08 Å². The summed E-state index contributed by atoms with van der Waals surface area (Å²) < 4.78 is 7.09. The molecule has 0 unspecified atom stereocenters. The number of rotatable bonds is 5. The molecule has 0 saturated carbocycles. The van der Waals surface area contributed by atoms with Crippen molar-refractivity contribution in [3.8, 4) is 5.75 Å². The zero-order valence-electron chi connectivity index (χ0n) is 9.76. The second-order valence-electron chi connectivity index (χ2n) is 3.55. The van der Waals surface area contributed by atoms with Crippen molar-refractivity contribution in [2.45, 2.75) is 6.54 Å². The number of aromatic nitrogens is 2. The number of nitrogens with one attached hydrogen (secondary N) is 1. The normalized spacial score (nSPS) is 9.94. The molecule has 0 saturated heterocycles. The standard InChI is InChI=1S/C13H15N3O/c1-3-9-16-10-8-14-13(16)15-11-4-6-12(17-2)7-5-11/h3-8,10H,1,9H2,2H3,(H,14,15). The molecule has 17 heavy (non-hydrogen) atoms. The molecule has 2 rings (SSSR count). The highest BCUT2D eigenvalue weighted by Crippen LogP contribution is 2.18. The first kappa shape index (κ1) is 11.3. The van der Waals surface area contributed by atoms with Crippen LogP contribution >= 0.6 is 0 Å². The average molecular weight is 229 g/mol. The molecular formula is C13H15N3O. The summed E-state index contributed by atoms with van der Waals surface area (Å²) in [5, 5.41) is 3.24. The summed E-state index contributed by atoms with van der Waals surface area (Å²) in [4.78, 5) is 4.25. The first-order chi connectivity index (χ1) is 8.33. The number of methoxy groups -OCH3 is 1. The van der Waals surface area contributed by atoms with E-state index < -0.39 is 0 Å². The second-order valence-corrected chi connectivity index (χ2v) is 3.55. The van der Waals surface area contributed by atoms with Crippen LogP contribution in [-0.2, 0) is 6.54 Å². The molecule has 0 atom stereocenters. The highest BCUT2D eigenvalue weighted by Gasteiger charge is 2.01. The molecule has 0 amide bonds. The van der Waals surface area contributed by atoms with Crippen LogP contribution in [0, 0.1) is 0 Å². The van der Waals surface area contributed by atoms with Crippen LogP contribution in [0.2, 0.25) is 0 Å². The number of hydrogen-bond acceptors (Lipinski definition) is 3. The van der Waals surface area contributed by atoms with Gasteiger partial charge in [0.15, 0.2) is 0 Å². The Hall–Kier alpha value is -2.23. The minimum Gasteiger partial charge on any atom is -0.497 e. The lowest BCUT2D eigenvalue weighted by molar-refractivity contribution is 0.415. The van der Waals surface area contributed by atoms with Crippen molar-refractivity contribution in [2.24, 2.45) is 0 Å². The van der Waals surface area contributed by atoms with E-state index in [0.29, 0.717) is 0 Å². The number of benzene rings is 1. The van der Waals surface area contributed by atoms with Gasteiger partial charge in [-0.3, -0.25) is 0 Å². The lowest BCUT2D eigenvalue weighted by atomic mass is 10.3. The summed E-state index contributed by atoms with van der Waals surface area (Å²) in [6.07, 6.45) is 5.50. The first-order valence-electron chi connectivity index (χ1n) is 5.36. The molecule has 1 N–H and O–H groups in total. The third kappa shape index (κ3) is 2.66. The molecule has 1 aromatic heterocycles. The monoisotopic (exact) mass is 229 g/mol. The molecule has 0 aliphatic carbocycles. The Bertz CT molecular complexity index is 488. The molecule has 4 heteroatoms. The lowest BCUT2D eigenvalue weighted by Crippen LogP contribution is -2.01. The average Bonchev–Trinajstić information content (AvgIpc) is 2.78. The van der Waals surface area contributed by atoms with Crippen LogP contribution < -0.4 is 10.1 Å². The number of ether oxygens (including phenoxy) is 1. The van der Waals surface area contributed by atoms with Gasteiger partial charge in [0.1, 0.15) is 5.75 Å². The highest BCUT2D eigenvalue weighted by molar-refractivity contribution is 5.54. The lowest BCUT2D eigenvalue weighted by Gasteiger charge is -2.08. The fraction of sp³-hybridized carbons (Fsp3) is 0.154. The van der Waals surface area contributed by atoms with Crippen molar-refractivity contribution >= 4 is 11.6 Å². The zero-order chi connectivity index (χ0) is 12.1. The van der Waals surface area contributed by atoms with Gasteiger partial charge in [-0.2, -0.15) is 0 Å². The maximum atomic E-state index is 5.10.